The first-order valence-electron chi connectivity index (χ1n) is 9.19. The Labute approximate surface area is 165 Å². The fourth-order valence-electron chi connectivity index (χ4n) is 3.55. The van der Waals surface area contributed by atoms with E-state index in [1.54, 1.807) is 39.9 Å². The van der Waals surface area contributed by atoms with Crippen LogP contribution in [0.1, 0.15) is 28.0 Å². The number of carbonyl (C=O) groups excluding carboxylic acids is 1. The van der Waals surface area contributed by atoms with Crippen molar-refractivity contribution in [1.82, 2.24) is 19.6 Å². The van der Waals surface area contributed by atoms with Crippen molar-refractivity contribution in [2.75, 3.05) is 26.2 Å². The molecule has 1 amide bonds. The zero-order valence-corrected chi connectivity index (χ0v) is 15.9. The molecule has 8 heteroatoms. The Morgan fingerprint density at radius 1 is 1.21 bits per heavy atom. The molecule has 0 radical (unpaired) electrons. The molecule has 0 bridgehead atoms. The predicted octanol–water partition coefficient (Wildman–Crippen LogP) is 2.45. The summed E-state index contributed by atoms with van der Waals surface area (Å²) in [5.74, 6) is -0.819. The molecule has 2 N–H and O–H groups in total. The van der Waals surface area contributed by atoms with Crippen LogP contribution in [0.4, 0.5) is 4.39 Å². The summed E-state index contributed by atoms with van der Waals surface area (Å²) in [6, 6.07) is 6.16. The molecule has 1 aliphatic heterocycles. The van der Waals surface area contributed by atoms with Crippen LogP contribution in [0.5, 0.6) is 0 Å². The number of rotatable bonds is 3. The van der Waals surface area contributed by atoms with Crippen molar-refractivity contribution in [1.29, 1.82) is 0 Å². The maximum Gasteiger partial charge on any atom is 0.272 e. The Morgan fingerprint density at radius 2 is 2.07 bits per heavy atom. The molecule has 0 spiro atoms. The SMILES string of the molecule is O=C(c1cc(Cc2c[nH]c(=O)c3cc(Cl)cn23)ccc1F)N1CCCNCC1. The summed E-state index contributed by atoms with van der Waals surface area (Å²) in [5.41, 5.74) is 1.84. The molecule has 6 nitrogen and oxygen atoms in total. The van der Waals surface area contributed by atoms with E-state index in [-0.39, 0.29) is 17.0 Å². The lowest BCUT2D eigenvalue weighted by atomic mass is 10.0. The van der Waals surface area contributed by atoms with Crippen LogP contribution in [-0.2, 0) is 6.42 Å². The summed E-state index contributed by atoms with van der Waals surface area (Å²) in [6.45, 7) is 2.73. The molecular weight excluding hydrogens is 383 g/mol. The molecule has 28 heavy (non-hydrogen) atoms. The number of halogens is 2. The van der Waals surface area contributed by atoms with Crippen molar-refractivity contribution >= 4 is 23.0 Å². The van der Waals surface area contributed by atoms with E-state index >= 15 is 0 Å². The topological polar surface area (TPSA) is 69.6 Å². The van der Waals surface area contributed by atoms with Gasteiger partial charge in [0.2, 0.25) is 0 Å². The van der Waals surface area contributed by atoms with Crippen LogP contribution in [0.25, 0.3) is 5.52 Å². The van der Waals surface area contributed by atoms with E-state index in [1.165, 1.54) is 6.07 Å². The van der Waals surface area contributed by atoms with Crippen LogP contribution < -0.4 is 10.9 Å². The van der Waals surface area contributed by atoms with E-state index in [2.05, 4.69) is 10.3 Å². The van der Waals surface area contributed by atoms with Gasteiger partial charge in [-0.15, -0.1) is 0 Å². The molecule has 0 unspecified atom stereocenters. The Balaban J connectivity index is 1.65. The highest BCUT2D eigenvalue weighted by molar-refractivity contribution is 6.31. The molecule has 0 atom stereocenters. The van der Waals surface area contributed by atoms with Gasteiger partial charge in [0.15, 0.2) is 0 Å². The molecule has 0 saturated carbocycles. The van der Waals surface area contributed by atoms with Gasteiger partial charge in [-0.3, -0.25) is 9.59 Å². The monoisotopic (exact) mass is 402 g/mol. The van der Waals surface area contributed by atoms with Gasteiger partial charge in [0, 0.05) is 44.1 Å². The van der Waals surface area contributed by atoms with E-state index in [1.807, 2.05) is 0 Å². The van der Waals surface area contributed by atoms with Crippen LogP contribution in [0.3, 0.4) is 0 Å². The van der Waals surface area contributed by atoms with Crippen LogP contribution in [0, 0.1) is 5.82 Å². The summed E-state index contributed by atoms with van der Waals surface area (Å²) >= 11 is 6.04. The maximum atomic E-state index is 14.4. The molecule has 0 aliphatic carbocycles. The summed E-state index contributed by atoms with van der Waals surface area (Å²) in [6.07, 6.45) is 4.54. The lowest BCUT2D eigenvalue weighted by Crippen LogP contribution is -2.34. The van der Waals surface area contributed by atoms with Crippen molar-refractivity contribution in [3.63, 3.8) is 0 Å². The Morgan fingerprint density at radius 3 is 2.93 bits per heavy atom. The fourth-order valence-corrected chi connectivity index (χ4v) is 3.75. The maximum absolute atomic E-state index is 14.4. The molecule has 1 saturated heterocycles. The first-order valence-corrected chi connectivity index (χ1v) is 9.57. The van der Waals surface area contributed by atoms with E-state index in [0.29, 0.717) is 36.6 Å². The summed E-state index contributed by atoms with van der Waals surface area (Å²) in [5, 5.41) is 3.70. The smallest absolute Gasteiger partial charge is 0.272 e. The number of aromatic amines is 1. The molecule has 146 valence electrons. The van der Waals surface area contributed by atoms with Crippen molar-refractivity contribution in [2.24, 2.45) is 0 Å². The van der Waals surface area contributed by atoms with E-state index < -0.39 is 5.82 Å². The zero-order valence-electron chi connectivity index (χ0n) is 15.2. The highest BCUT2D eigenvalue weighted by Gasteiger charge is 2.21. The second-order valence-electron chi connectivity index (χ2n) is 6.91. The Kier molecular flexibility index (Phi) is 5.19. The lowest BCUT2D eigenvalue weighted by molar-refractivity contribution is 0.0761. The molecule has 1 aliphatic rings. The van der Waals surface area contributed by atoms with Gasteiger partial charge in [-0.25, -0.2) is 4.39 Å². The van der Waals surface area contributed by atoms with E-state index in [4.69, 9.17) is 11.6 Å². The number of aromatic nitrogens is 2. The largest absolute Gasteiger partial charge is 0.337 e. The number of nitrogens with one attached hydrogen (secondary N) is 2. The standard InChI is InChI=1S/C20H20ClFN4O2/c21-14-10-18-19(27)24-11-15(26(18)12-14)8-13-2-3-17(22)16(9-13)20(28)25-6-1-4-23-5-7-25/h2-3,9-12,23H,1,4-8H2,(H,24,27). The van der Waals surface area contributed by atoms with Gasteiger partial charge in [0.25, 0.3) is 11.5 Å². The minimum absolute atomic E-state index is 0.0746. The van der Waals surface area contributed by atoms with Crippen LogP contribution >= 0.6 is 11.6 Å². The predicted molar refractivity (Wildman–Crippen MR) is 106 cm³/mol. The average Bonchev–Trinajstić information content (AvgIpc) is 2.90. The number of benzene rings is 1. The molecule has 2 aromatic heterocycles. The number of H-pyrrole nitrogens is 1. The average molecular weight is 403 g/mol. The molecule has 3 heterocycles. The van der Waals surface area contributed by atoms with Crippen LogP contribution in [-0.4, -0.2) is 46.4 Å². The minimum atomic E-state index is -0.526. The fraction of sp³-hybridized carbons (Fsp3) is 0.300. The summed E-state index contributed by atoms with van der Waals surface area (Å²) in [7, 11) is 0. The third-order valence-corrected chi connectivity index (χ3v) is 5.18. The van der Waals surface area contributed by atoms with Gasteiger partial charge >= 0.3 is 0 Å². The van der Waals surface area contributed by atoms with Crippen molar-refractivity contribution in [3.8, 4) is 0 Å². The number of nitrogens with zero attached hydrogens (tertiary/aromatic N) is 2. The second kappa shape index (κ2) is 7.77. The summed E-state index contributed by atoms with van der Waals surface area (Å²) in [4.78, 5) is 29.2. The van der Waals surface area contributed by atoms with Gasteiger partial charge < -0.3 is 19.6 Å². The molecular formula is C20H20ClFN4O2. The van der Waals surface area contributed by atoms with Gasteiger partial charge in [-0.2, -0.15) is 0 Å². The first-order chi connectivity index (χ1) is 13.5. The minimum Gasteiger partial charge on any atom is -0.337 e. The highest BCUT2D eigenvalue weighted by atomic mass is 35.5. The number of amides is 1. The number of carbonyl (C=O) groups is 1. The summed E-state index contributed by atoms with van der Waals surface area (Å²) < 4.78 is 16.1. The van der Waals surface area contributed by atoms with E-state index in [9.17, 15) is 14.0 Å². The Bertz CT molecular complexity index is 1080. The van der Waals surface area contributed by atoms with Crippen LogP contribution in [0.15, 0.2) is 41.5 Å². The van der Waals surface area contributed by atoms with E-state index in [0.717, 1.165) is 24.2 Å². The number of hydrogen-bond donors (Lipinski definition) is 2. The number of hydrogen-bond acceptors (Lipinski definition) is 3. The quantitative estimate of drug-likeness (QED) is 0.707. The third kappa shape index (κ3) is 3.68. The van der Waals surface area contributed by atoms with Crippen molar-refractivity contribution in [3.05, 3.63) is 74.7 Å². The molecule has 1 fully saturated rings. The Hall–Kier alpha value is -2.64. The van der Waals surface area contributed by atoms with Crippen LogP contribution in [0.2, 0.25) is 5.02 Å². The van der Waals surface area contributed by atoms with Crippen molar-refractivity contribution < 1.29 is 9.18 Å². The van der Waals surface area contributed by atoms with Gasteiger partial charge in [-0.05, 0) is 36.7 Å². The molecule has 3 aromatic rings. The van der Waals surface area contributed by atoms with Gasteiger partial charge in [0.05, 0.1) is 10.6 Å². The van der Waals surface area contributed by atoms with Gasteiger partial charge in [0.1, 0.15) is 11.3 Å². The third-order valence-electron chi connectivity index (χ3n) is 4.97. The lowest BCUT2D eigenvalue weighted by Gasteiger charge is -2.20. The number of fused-ring (bicyclic) bond motifs is 1. The second-order valence-corrected chi connectivity index (χ2v) is 7.35. The highest BCUT2D eigenvalue weighted by Crippen LogP contribution is 2.19. The molecule has 1 aromatic carbocycles. The normalized spacial score (nSPS) is 15.0. The zero-order chi connectivity index (χ0) is 19.7. The first kappa shape index (κ1) is 18.7. The molecule has 4 rings (SSSR count). The van der Waals surface area contributed by atoms with Gasteiger partial charge in [-0.1, -0.05) is 17.7 Å². The van der Waals surface area contributed by atoms with Crippen molar-refractivity contribution in [2.45, 2.75) is 12.8 Å².